The normalized spacial score (nSPS) is 10.2. The van der Waals surface area contributed by atoms with Gasteiger partial charge in [0.15, 0.2) is 0 Å². The minimum atomic E-state index is -0.442. The van der Waals surface area contributed by atoms with E-state index in [9.17, 15) is 10.1 Å². The molecule has 0 unspecified atom stereocenters. The van der Waals surface area contributed by atoms with Gasteiger partial charge in [0.25, 0.3) is 5.69 Å². The van der Waals surface area contributed by atoms with Gasteiger partial charge in [-0.25, -0.2) is 4.68 Å². The van der Waals surface area contributed by atoms with Gasteiger partial charge >= 0.3 is 0 Å². The van der Waals surface area contributed by atoms with Crippen LogP contribution in [0.2, 0.25) is 0 Å². The number of nitro benzene ring substituents is 1. The minimum Gasteiger partial charge on any atom is -0.258 e. The van der Waals surface area contributed by atoms with Gasteiger partial charge in [-0.15, -0.1) is 0 Å². The van der Waals surface area contributed by atoms with E-state index in [4.69, 9.17) is 5.26 Å². The van der Waals surface area contributed by atoms with Crippen LogP contribution in [0.5, 0.6) is 0 Å². The Morgan fingerprint density at radius 1 is 1.42 bits per heavy atom. The average Bonchev–Trinajstić information content (AvgIpc) is 2.67. The summed E-state index contributed by atoms with van der Waals surface area (Å²) in [6.07, 6.45) is 0. The van der Waals surface area contributed by atoms with E-state index in [1.807, 2.05) is 5.40 Å². The van der Waals surface area contributed by atoms with Crippen LogP contribution in [0.3, 0.4) is 0 Å². The second kappa shape index (κ2) is 5.12. The highest BCUT2D eigenvalue weighted by molar-refractivity contribution is 8.03. The predicted octanol–water partition coefficient (Wildman–Crippen LogP) is 2.97. The summed E-state index contributed by atoms with van der Waals surface area (Å²) in [6.45, 7) is 3.56. The molecule has 0 N–H and O–H groups in total. The van der Waals surface area contributed by atoms with E-state index in [1.54, 1.807) is 32.0 Å². The van der Waals surface area contributed by atoms with E-state index in [0.29, 0.717) is 11.4 Å². The molecule has 0 amide bonds. The lowest BCUT2D eigenvalue weighted by molar-refractivity contribution is -0.384. The van der Waals surface area contributed by atoms with Crippen molar-refractivity contribution in [2.24, 2.45) is 0 Å². The molecule has 7 heteroatoms. The second-order valence-electron chi connectivity index (χ2n) is 3.85. The zero-order valence-corrected chi connectivity index (χ0v) is 11.1. The molecule has 2 rings (SSSR count). The van der Waals surface area contributed by atoms with Crippen LogP contribution in [0.1, 0.15) is 11.4 Å². The average molecular weight is 274 g/mol. The largest absolute Gasteiger partial charge is 0.294 e. The first-order chi connectivity index (χ1) is 9.06. The van der Waals surface area contributed by atoms with Crippen molar-refractivity contribution in [2.45, 2.75) is 18.7 Å². The van der Waals surface area contributed by atoms with E-state index in [0.717, 1.165) is 22.4 Å². The third-order valence-electron chi connectivity index (χ3n) is 2.68. The molecule has 0 radical (unpaired) electrons. The lowest BCUT2D eigenvalue weighted by atomic mass is 10.2. The highest BCUT2D eigenvalue weighted by atomic mass is 32.2. The Labute approximate surface area is 113 Å². The SMILES string of the molecule is Cc1nn(-c2ccccc2[N+](=O)[O-])c(C)c1SC#N. The lowest BCUT2D eigenvalue weighted by Gasteiger charge is -2.05. The van der Waals surface area contributed by atoms with Crippen LogP contribution in [0.25, 0.3) is 5.69 Å². The van der Waals surface area contributed by atoms with Gasteiger partial charge in [-0.3, -0.25) is 10.1 Å². The maximum Gasteiger partial charge on any atom is 0.294 e. The molecule has 1 heterocycles. The van der Waals surface area contributed by atoms with Crippen molar-refractivity contribution < 1.29 is 4.92 Å². The second-order valence-corrected chi connectivity index (χ2v) is 4.65. The molecule has 0 aliphatic carbocycles. The quantitative estimate of drug-likeness (QED) is 0.372. The Balaban J connectivity index is 2.64. The van der Waals surface area contributed by atoms with Gasteiger partial charge in [-0.1, -0.05) is 12.1 Å². The van der Waals surface area contributed by atoms with Crippen LogP contribution < -0.4 is 0 Å². The van der Waals surface area contributed by atoms with Crippen molar-refractivity contribution in [1.29, 1.82) is 5.26 Å². The van der Waals surface area contributed by atoms with Crippen molar-refractivity contribution in [1.82, 2.24) is 9.78 Å². The maximum absolute atomic E-state index is 11.0. The molecule has 0 saturated heterocycles. The predicted molar refractivity (Wildman–Crippen MR) is 71.2 cm³/mol. The number of nitriles is 1. The fraction of sp³-hybridized carbons (Fsp3) is 0.167. The number of thioether (sulfide) groups is 1. The van der Waals surface area contributed by atoms with Crippen LogP contribution in [0, 0.1) is 34.6 Å². The number of hydrogen-bond acceptors (Lipinski definition) is 5. The van der Waals surface area contributed by atoms with Crippen LogP contribution in [0.4, 0.5) is 5.69 Å². The number of para-hydroxylation sites is 2. The molecule has 0 bridgehead atoms. The Morgan fingerprint density at radius 2 is 2.11 bits per heavy atom. The van der Waals surface area contributed by atoms with Gasteiger partial charge in [0.1, 0.15) is 11.1 Å². The van der Waals surface area contributed by atoms with E-state index in [1.165, 1.54) is 10.7 Å². The monoisotopic (exact) mass is 274 g/mol. The summed E-state index contributed by atoms with van der Waals surface area (Å²) in [5.74, 6) is 0. The molecule has 0 saturated carbocycles. The Bertz CT molecular complexity index is 688. The molecule has 6 nitrogen and oxygen atoms in total. The Kier molecular flexibility index (Phi) is 3.53. The number of thiocyanates is 1. The highest BCUT2D eigenvalue weighted by Crippen LogP contribution is 2.30. The molecular formula is C12H10N4O2S. The van der Waals surface area contributed by atoms with Crippen LogP contribution >= 0.6 is 11.8 Å². The number of benzene rings is 1. The van der Waals surface area contributed by atoms with Crippen molar-refractivity contribution in [2.75, 3.05) is 0 Å². The summed E-state index contributed by atoms with van der Waals surface area (Å²) in [4.78, 5) is 11.3. The first-order valence-corrected chi connectivity index (χ1v) is 6.24. The summed E-state index contributed by atoms with van der Waals surface area (Å²) >= 11 is 1.01. The summed E-state index contributed by atoms with van der Waals surface area (Å²) in [7, 11) is 0. The summed E-state index contributed by atoms with van der Waals surface area (Å²) in [6, 6.07) is 6.40. The number of nitrogens with zero attached hydrogens (tertiary/aromatic N) is 4. The number of rotatable bonds is 3. The molecule has 0 aliphatic heterocycles. The molecule has 1 aromatic carbocycles. The van der Waals surface area contributed by atoms with Crippen molar-refractivity contribution >= 4 is 17.4 Å². The zero-order chi connectivity index (χ0) is 14.0. The van der Waals surface area contributed by atoms with Gasteiger partial charge in [0.2, 0.25) is 0 Å². The highest BCUT2D eigenvalue weighted by Gasteiger charge is 2.20. The Hall–Kier alpha value is -2.33. The van der Waals surface area contributed by atoms with Gasteiger partial charge in [-0.05, 0) is 31.7 Å². The minimum absolute atomic E-state index is 0.0124. The zero-order valence-electron chi connectivity index (χ0n) is 10.3. The summed E-state index contributed by atoms with van der Waals surface area (Å²) in [5.41, 5.74) is 1.79. The lowest BCUT2D eigenvalue weighted by Crippen LogP contribution is -2.03. The van der Waals surface area contributed by atoms with E-state index >= 15 is 0 Å². The van der Waals surface area contributed by atoms with E-state index < -0.39 is 4.92 Å². The van der Waals surface area contributed by atoms with Gasteiger partial charge in [-0.2, -0.15) is 10.4 Å². The van der Waals surface area contributed by atoms with E-state index in [2.05, 4.69) is 5.10 Å². The molecule has 19 heavy (non-hydrogen) atoms. The molecule has 0 spiro atoms. The molecular weight excluding hydrogens is 264 g/mol. The first-order valence-electron chi connectivity index (χ1n) is 5.42. The fourth-order valence-electron chi connectivity index (χ4n) is 1.85. The molecule has 0 atom stereocenters. The number of aryl methyl sites for hydroxylation is 1. The van der Waals surface area contributed by atoms with Gasteiger partial charge in [0, 0.05) is 6.07 Å². The van der Waals surface area contributed by atoms with Crippen LogP contribution in [-0.2, 0) is 0 Å². The molecule has 0 aliphatic rings. The molecule has 2 aromatic rings. The Morgan fingerprint density at radius 3 is 2.74 bits per heavy atom. The molecule has 0 fully saturated rings. The van der Waals surface area contributed by atoms with Gasteiger partial charge < -0.3 is 0 Å². The number of nitro groups is 1. The number of aromatic nitrogens is 2. The topological polar surface area (TPSA) is 84.8 Å². The smallest absolute Gasteiger partial charge is 0.258 e. The van der Waals surface area contributed by atoms with Crippen molar-refractivity contribution in [3.8, 4) is 11.1 Å². The summed E-state index contributed by atoms with van der Waals surface area (Å²) in [5, 5.41) is 26.1. The van der Waals surface area contributed by atoms with Crippen LogP contribution in [0.15, 0.2) is 29.2 Å². The maximum atomic E-state index is 11.0. The first kappa shape index (κ1) is 13.1. The van der Waals surface area contributed by atoms with Crippen LogP contribution in [-0.4, -0.2) is 14.7 Å². The van der Waals surface area contributed by atoms with Gasteiger partial charge in [0.05, 0.1) is 21.2 Å². The molecule has 1 aromatic heterocycles. The summed E-state index contributed by atoms with van der Waals surface area (Å²) < 4.78 is 1.51. The standard InChI is InChI=1S/C12H10N4O2S/c1-8-12(19-7-13)9(2)15(14-8)10-5-3-4-6-11(10)16(17)18/h3-6H,1-2H3. The molecule has 96 valence electrons. The third kappa shape index (κ3) is 2.30. The van der Waals surface area contributed by atoms with Crippen molar-refractivity contribution in [3.63, 3.8) is 0 Å². The fourth-order valence-corrected chi connectivity index (χ4v) is 2.37. The number of hydrogen-bond donors (Lipinski definition) is 0. The van der Waals surface area contributed by atoms with E-state index in [-0.39, 0.29) is 5.69 Å². The van der Waals surface area contributed by atoms with Crippen molar-refractivity contribution in [3.05, 3.63) is 45.8 Å². The third-order valence-corrected chi connectivity index (χ3v) is 3.57.